The molecule has 94 valence electrons. The third-order valence-corrected chi connectivity index (χ3v) is 2.87. The van der Waals surface area contributed by atoms with E-state index >= 15 is 0 Å². The van der Waals surface area contributed by atoms with Crippen LogP contribution in [0.3, 0.4) is 0 Å². The lowest BCUT2D eigenvalue weighted by Gasteiger charge is -2.37. The van der Waals surface area contributed by atoms with Gasteiger partial charge in [-0.05, 0) is 20.8 Å². The first kappa shape index (κ1) is 12.1. The normalized spacial score (nSPS) is 25.2. The van der Waals surface area contributed by atoms with Crippen LogP contribution in [0.15, 0.2) is 9.59 Å². The lowest BCUT2D eigenvalue weighted by atomic mass is 10.1. The summed E-state index contributed by atoms with van der Waals surface area (Å²) in [5.74, 6) is 0.221. The molecule has 1 heterocycles. The maximum absolute atomic E-state index is 11.6. The molecule has 0 aliphatic carbocycles. The molecule has 0 saturated carbocycles. The SMILES string of the molecule is CCOc1c(N2C[C@H](C)O[C@@H](C)C2)c(=O)c1=O. The lowest BCUT2D eigenvalue weighted by molar-refractivity contribution is -0.00549. The van der Waals surface area contributed by atoms with Gasteiger partial charge in [-0.25, -0.2) is 0 Å². The summed E-state index contributed by atoms with van der Waals surface area (Å²) < 4.78 is 10.8. The highest BCUT2D eigenvalue weighted by molar-refractivity contribution is 5.64. The Hall–Kier alpha value is -1.36. The smallest absolute Gasteiger partial charge is 0.272 e. The van der Waals surface area contributed by atoms with Crippen molar-refractivity contribution in [3.8, 4) is 5.75 Å². The fraction of sp³-hybridized carbons (Fsp3) is 0.667. The van der Waals surface area contributed by atoms with Crippen LogP contribution in [0.5, 0.6) is 5.75 Å². The topological polar surface area (TPSA) is 55.8 Å². The summed E-state index contributed by atoms with van der Waals surface area (Å²) in [5.41, 5.74) is -0.512. The summed E-state index contributed by atoms with van der Waals surface area (Å²) in [6, 6.07) is 0. The summed E-state index contributed by atoms with van der Waals surface area (Å²) >= 11 is 0. The molecule has 17 heavy (non-hydrogen) atoms. The van der Waals surface area contributed by atoms with Gasteiger partial charge in [0.15, 0.2) is 5.75 Å². The molecule has 0 spiro atoms. The van der Waals surface area contributed by atoms with Crippen LogP contribution in [0.1, 0.15) is 20.8 Å². The van der Waals surface area contributed by atoms with Crippen molar-refractivity contribution in [1.82, 2.24) is 0 Å². The molecule has 1 aromatic rings. The van der Waals surface area contributed by atoms with Crippen LogP contribution in [0.2, 0.25) is 0 Å². The fourth-order valence-electron chi connectivity index (χ4n) is 2.28. The molecule has 0 unspecified atom stereocenters. The molecule has 0 radical (unpaired) electrons. The van der Waals surface area contributed by atoms with Gasteiger partial charge in [0.25, 0.3) is 10.9 Å². The second kappa shape index (κ2) is 4.49. The molecule has 1 fully saturated rings. The third kappa shape index (κ3) is 2.07. The molecule has 2 atom stereocenters. The first-order chi connectivity index (χ1) is 8.04. The predicted octanol–water partition coefficient (Wildman–Crippen LogP) is 0.295. The van der Waals surface area contributed by atoms with Crippen molar-refractivity contribution in [2.24, 2.45) is 0 Å². The van der Waals surface area contributed by atoms with Crippen LogP contribution in [0, 0.1) is 0 Å². The Morgan fingerprint density at radius 1 is 1.24 bits per heavy atom. The number of rotatable bonds is 3. The Kier molecular flexibility index (Phi) is 3.19. The molecule has 5 nitrogen and oxygen atoms in total. The van der Waals surface area contributed by atoms with E-state index in [1.807, 2.05) is 18.7 Å². The van der Waals surface area contributed by atoms with E-state index in [1.54, 1.807) is 6.92 Å². The number of morpholine rings is 1. The van der Waals surface area contributed by atoms with Gasteiger partial charge in [0.05, 0.1) is 18.8 Å². The Balaban J connectivity index is 2.25. The van der Waals surface area contributed by atoms with Gasteiger partial charge in [0, 0.05) is 13.1 Å². The van der Waals surface area contributed by atoms with Crippen LogP contribution < -0.4 is 20.5 Å². The number of hydrogen-bond donors (Lipinski definition) is 0. The zero-order chi connectivity index (χ0) is 12.6. The summed E-state index contributed by atoms with van der Waals surface area (Å²) in [6.07, 6.45) is 0.107. The van der Waals surface area contributed by atoms with Crippen molar-refractivity contribution in [2.75, 3.05) is 24.6 Å². The van der Waals surface area contributed by atoms with E-state index in [0.717, 1.165) is 0 Å². The highest BCUT2D eigenvalue weighted by Gasteiger charge is 2.32. The van der Waals surface area contributed by atoms with E-state index < -0.39 is 10.9 Å². The summed E-state index contributed by atoms with van der Waals surface area (Å²) in [6.45, 7) is 7.34. The van der Waals surface area contributed by atoms with Gasteiger partial charge in [-0.2, -0.15) is 0 Å². The third-order valence-electron chi connectivity index (χ3n) is 2.87. The van der Waals surface area contributed by atoms with Gasteiger partial charge in [-0.15, -0.1) is 0 Å². The summed E-state index contributed by atoms with van der Waals surface area (Å²) in [5, 5.41) is 0. The molecular weight excluding hydrogens is 222 g/mol. The van der Waals surface area contributed by atoms with Gasteiger partial charge in [0.2, 0.25) is 0 Å². The largest absolute Gasteiger partial charge is 0.488 e. The zero-order valence-corrected chi connectivity index (χ0v) is 10.4. The minimum atomic E-state index is -0.506. The van der Waals surface area contributed by atoms with Gasteiger partial charge >= 0.3 is 0 Å². The van der Waals surface area contributed by atoms with Crippen LogP contribution in [-0.2, 0) is 4.74 Å². The molecule has 0 aromatic heterocycles. The maximum Gasteiger partial charge on any atom is 0.272 e. The van der Waals surface area contributed by atoms with Crippen LogP contribution in [0.4, 0.5) is 5.69 Å². The Morgan fingerprint density at radius 3 is 2.35 bits per heavy atom. The predicted molar refractivity (Wildman–Crippen MR) is 64.7 cm³/mol. The van der Waals surface area contributed by atoms with Crippen molar-refractivity contribution in [1.29, 1.82) is 0 Å². The van der Waals surface area contributed by atoms with E-state index in [2.05, 4.69) is 0 Å². The average Bonchev–Trinajstić information content (AvgIpc) is 2.26. The van der Waals surface area contributed by atoms with E-state index in [4.69, 9.17) is 9.47 Å². The van der Waals surface area contributed by atoms with Crippen LogP contribution >= 0.6 is 0 Å². The maximum atomic E-state index is 11.6. The van der Waals surface area contributed by atoms with Crippen molar-refractivity contribution in [3.05, 3.63) is 20.4 Å². The van der Waals surface area contributed by atoms with E-state index in [-0.39, 0.29) is 18.0 Å². The molecule has 1 aliphatic heterocycles. The molecule has 0 bridgehead atoms. The number of nitrogens with zero attached hydrogens (tertiary/aromatic N) is 1. The molecule has 2 rings (SSSR count). The van der Waals surface area contributed by atoms with Crippen molar-refractivity contribution >= 4 is 5.69 Å². The molecule has 1 saturated heterocycles. The Labute approximate surface area is 99.6 Å². The fourth-order valence-corrected chi connectivity index (χ4v) is 2.28. The molecule has 5 heteroatoms. The van der Waals surface area contributed by atoms with Gasteiger partial charge < -0.3 is 14.4 Å². The van der Waals surface area contributed by atoms with Gasteiger partial charge in [-0.3, -0.25) is 9.59 Å². The van der Waals surface area contributed by atoms with Crippen molar-refractivity contribution in [3.63, 3.8) is 0 Å². The molecule has 0 N–H and O–H groups in total. The standard InChI is InChI=1S/C12H17NO4/c1-4-16-12-9(10(14)11(12)15)13-5-7(2)17-8(3)6-13/h7-8H,4-6H2,1-3H3/t7-,8-/m0/s1. The minimum Gasteiger partial charge on any atom is -0.488 e. The first-order valence-corrected chi connectivity index (χ1v) is 5.91. The van der Waals surface area contributed by atoms with Gasteiger partial charge in [-0.1, -0.05) is 0 Å². The Bertz CT molecular complexity index is 465. The number of anilines is 1. The number of ether oxygens (including phenoxy) is 2. The molecule has 0 amide bonds. The van der Waals surface area contributed by atoms with E-state index in [9.17, 15) is 9.59 Å². The molecular formula is C12H17NO4. The van der Waals surface area contributed by atoms with Crippen LogP contribution in [-0.4, -0.2) is 31.9 Å². The quantitative estimate of drug-likeness (QED) is 0.710. The second-order valence-corrected chi connectivity index (χ2v) is 4.43. The highest BCUT2D eigenvalue weighted by Crippen LogP contribution is 2.25. The summed E-state index contributed by atoms with van der Waals surface area (Å²) in [7, 11) is 0. The lowest BCUT2D eigenvalue weighted by Crippen LogP contribution is -2.51. The van der Waals surface area contributed by atoms with E-state index in [0.29, 0.717) is 25.4 Å². The zero-order valence-electron chi connectivity index (χ0n) is 10.4. The van der Waals surface area contributed by atoms with Crippen LogP contribution in [0.25, 0.3) is 0 Å². The molecule has 1 aromatic carbocycles. The van der Waals surface area contributed by atoms with Crippen molar-refractivity contribution < 1.29 is 9.47 Å². The molecule has 1 aliphatic rings. The van der Waals surface area contributed by atoms with Gasteiger partial charge in [0.1, 0.15) is 5.69 Å². The first-order valence-electron chi connectivity index (χ1n) is 5.91. The summed E-state index contributed by atoms with van der Waals surface area (Å²) in [4.78, 5) is 24.9. The van der Waals surface area contributed by atoms with E-state index in [1.165, 1.54) is 0 Å². The van der Waals surface area contributed by atoms with Crippen molar-refractivity contribution in [2.45, 2.75) is 33.0 Å². The number of hydrogen-bond acceptors (Lipinski definition) is 5. The monoisotopic (exact) mass is 239 g/mol. The average molecular weight is 239 g/mol. The second-order valence-electron chi connectivity index (χ2n) is 4.43. The highest BCUT2D eigenvalue weighted by atomic mass is 16.5. The minimum absolute atomic E-state index is 0.0534. The Morgan fingerprint density at radius 2 is 1.82 bits per heavy atom.